The van der Waals surface area contributed by atoms with E-state index in [0.29, 0.717) is 0 Å². The maximum atomic E-state index is 3.49. The number of halogens is 1. The third kappa shape index (κ3) is 1.76. The van der Waals surface area contributed by atoms with Crippen molar-refractivity contribution in [3.05, 3.63) is 71.3 Å². The highest BCUT2D eigenvalue weighted by atomic mass is 79.9. The molecule has 1 aromatic heterocycles. The zero-order valence-corrected chi connectivity index (χ0v) is 12.3. The molecule has 0 bridgehead atoms. The third-order valence-electron chi connectivity index (χ3n) is 3.73. The Bertz CT molecular complexity index is 904. The van der Waals surface area contributed by atoms with Gasteiger partial charge in [-0.15, -0.1) is 0 Å². The smallest absolute Gasteiger partial charge is 0.0466 e. The number of hydrogen-bond acceptors (Lipinski definition) is 0. The molecule has 0 unspecified atom stereocenters. The van der Waals surface area contributed by atoms with E-state index in [1.165, 1.54) is 32.8 Å². The van der Waals surface area contributed by atoms with Crippen molar-refractivity contribution < 1.29 is 0 Å². The number of fused-ring (bicyclic) bond motifs is 3. The number of benzene rings is 3. The monoisotopic (exact) mass is 321 g/mol. The minimum atomic E-state index is 1.10. The second-order valence-corrected chi connectivity index (χ2v) is 5.83. The van der Waals surface area contributed by atoms with E-state index < -0.39 is 0 Å². The molecule has 0 atom stereocenters. The molecule has 0 aliphatic carbocycles. The van der Waals surface area contributed by atoms with Crippen LogP contribution >= 0.6 is 15.9 Å². The average molecular weight is 322 g/mol. The molecule has 0 fully saturated rings. The van der Waals surface area contributed by atoms with E-state index in [1.807, 2.05) is 0 Å². The molecule has 1 nitrogen and oxygen atoms in total. The summed E-state index contributed by atoms with van der Waals surface area (Å²) in [4.78, 5) is 3.38. The van der Waals surface area contributed by atoms with Crippen molar-refractivity contribution in [1.29, 1.82) is 0 Å². The van der Waals surface area contributed by atoms with Crippen LogP contribution in [-0.4, -0.2) is 4.98 Å². The molecular formula is C18H12BrN. The molecule has 96 valence electrons. The first-order valence-corrected chi connectivity index (χ1v) is 7.37. The fraction of sp³-hybridized carbons (Fsp3) is 0. The van der Waals surface area contributed by atoms with Gasteiger partial charge in [0.1, 0.15) is 0 Å². The lowest BCUT2D eigenvalue weighted by Gasteiger charge is -2.04. The highest BCUT2D eigenvalue weighted by molar-refractivity contribution is 9.10. The van der Waals surface area contributed by atoms with Gasteiger partial charge in [0, 0.05) is 27.1 Å². The summed E-state index contributed by atoms with van der Waals surface area (Å²) in [5, 5.41) is 3.87. The molecule has 2 heteroatoms. The highest BCUT2D eigenvalue weighted by Gasteiger charge is 2.09. The fourth-order valence-corrected chi connectivity index (χ4v) is 3.03. The molecule has 0 radical (unpaired) electrons. The van der Waals surface area contributed by atoms with Crippen LogP contribution in [0.4, 0.5) is 0 Å². The van der Waals surface area contributed by atoms with Gasteiger partial charge in [0.05, 0.1) is 0 Å². The van der Waals surface area contributed by atoms with Gasteiger partial charge in [0.25, 0.3) is 0 Å². The van der Waals surface area contributed by atoms with Gasteiger partial charge in [-0.2, -0.15) is 0 Å². The first kappa shape index (κ1) is 11.7. The van der Waals surface area contributed by atoms with Gasteiger partial charge in [-0.05, 0) is 34.5 Å². The number of hydrogen-bond donors (Lipinski definition) is 1. The minimum Gasteiger partial charge on any atom is -0.361 e. The number of nitrogens with one attached hydrogen (secondary N) is 1. The Morgan fingerprint density at radius 2 is 1.60 bits per heavy atom. The molecule has 0 aliphatic heterocycles. The van der Waals surface area contributed by atoms with Gasteiger partial charge in [-0.3, -0.25) is 0 Å². The van der Waals surface area contributed by atoms with E-state index in [9.17, 15) is 0 Å². The summed E-state index contributed by atoms with van der Waals surface area (Å²) in [7, 11) is 0. The van der Waals surface area contributed by atoms with Crippen molar-refractivity contribution in [1.82, 2.24) is 4.98 Å². The largest absolute Gasteiger partial charge is 0.361 e. The van der Waals surface area contributed by atoms with Gasteiger partial charge in [0.2, 0.25) is 0 Å². The SMILES string of the molecule is Brc1ccc(-c2c[nH]c3ccc4ccccc4c23)cc1. The highest BCUT2D eigenvalue weighted by Crippen LogP contribution is 2.34. The predicted molar refractivity (Wildman–Crippen MR) is 88.9 cm³/mol. The zero-order valence-electron chi connectivity index (χ0n) is 10.7. The molecule has 0 amide bonds. The standard InChI is InChI=1S/C18H12BrN/c19-14-8-5-13(6-9-14)16-11-20-17-10-7-12-3-1-2-4-15(12)18(16)17/h1-11,20H. The van der Waals surface area contributed by atoms with E-state index in [-0.39, 0.29) is 0 Å². The van der Waals surface area contributed by atoms with Crippen molar-refractivity contribution in [2.75, 3.05) is 0 Å². The normalized spacial score (nSPS) is 11.2. The van der Waals surface area contributed by atoms with E-state index in [2.05, 4.69) is 87.8 Å². The second-order valence-electron chi connectivity index (χ2n) is 4.92. The van der Waals surface area contributed by atoms with Crippen LogP contribution in [0.2, 0.25) is 0 Å². The van der Waals surface area contributed by atoms with Crippen LogP contribution in [0, 0.1) is 0 Å². The molecule has 0 aliphatic rings. The van der Waals surface area contributed by atoms with Gasteiger partial charge in [-0.25, -0.2) is 0 Å². The van der Waals surface area contributed by atoms with E-state index in [4.69, 9.17) is 0 Å². The molecule has 0 spiro atoms. The fourth-order valence-electron chi connectivity index (χ4n) is 2.76. The second kappa shape index (κ2) is 4.50. The summed E-state index contributed by atoms with van der Waals surface area (Å²) >= 11 is 3.49. The Kier molecular flexibility index (Phi) is 2.64. The van der Waals surface area contributed by atoms with Crippen LogP contribution in [-0.2, 0) is 0 Å². The van der Waals surface area contributed by atoms with Crippen LogP contribution < -0.4 is 0 Å². The van der Waals surface area contributed by atoms with Crippen molar-refractivity contribution in [3.63, 3.8) is 0 Å². The van der Waals surface area contributed by atoms with E-state index in [1.54, 1.807) is 0 Å². The maximum Gasteiger partial charge on any atom is 0.0466 e. The Morgan fingerprint density at radius 3 is 2.45 bits per heavy atom. The molecule has 4 aromatic rings. The lowest BCUT2D eigenvalue weighted by atomic mass is 9.99. The quantitative estimate of drug-likeness (QED) is 0.459. The molecule has 3 aromatic carbocycles. The molecule has 0 saturated carbocycles. The first-order chi connectivity index (χ1) is 9.83. The average Bonchev–Trinajstić information content (AvgIpc) is 2.92. The summed E-state index contributed by atoms with van der Waals surface area (Å²) in [6, 6.07) is 21.3. The summed E-state index contributed by atoms with van der Waals surface area (Å²) < 4.78 is 1.10. The third-order valence-corrected chi connectivity index (χ3v) is 4.25. The summed E-state index contributed by atoms with van der Waals surface area (Å²) in [5.74, 6) is 0. The summed E-state index contributed by atoms with van der Waals surface area (Å²) in [6.45, 7) is 0. The molecule has 1 N–H and O–H groups in total. The van der Waals surface area contributed by atoms with Crippen molar-refractivity contribution >= 4 is 37.6 Å². The van der Waals surface area contributed by atoms with Crippen LogP contribution in [0.15, 0.2) is 71.3 Å². The first-order valence-electron chi connectivity index (χ1n) is 6.58. The van der Waals surface area contributed by atoms with Crippen LogP contribution in [0.1, 0.15) is 0 Å². The Balaban J connectivity index is 2.09. The zero-order chi connectivity index (χ0) is 13.5. The van der Waals surface area contributed by atoms with Crippen molar-refractivity contribution in [2.24, 2.45) is 0 Å². The van der Waals surface area contributed by atoms with Crippen LogP contribution in [0.5, 0.6) is 0 Å². The molecule has 20 heavy (non-hydrogen) atoms. The predicted octanol–water partition coefficient (Wildman–Crippen LogP) is 5.75. The maximum absolute atomic E-state index is 3.49. The van der Waals surface area contributed by atoms with Crippen LogP contribution in [0.3, 0.4) is 0 Å². The van der Waals surface area contributed by atoms with Gasteiger partial charge >= 0.3 is 0 Å². The summed E-state index contributed by atoms with van der Waals surface area (Å²) in [5.41, 5.74) is 3.67. The molecule has 4 rings (SSSR count). The lowest BCUT2D eigenvalue weighted by Crippen LogP contribution is -1.78. The molecule has 1 heterocycles. The van der Waals surface area contributed by atoms with Gasteiger partial charge in [0.15, 0.2) is 0 Å². The Morgan fingerprint density at radius 1 is 0.800 bits per heavy atom. The van der Waals surface area contributed by atoms with Crippen molar-refractivity contribution in [3.8, 4) is 11.1 Å². The number of aromatic amines is 1. The van der Waals surface area contributed by atoms with Gasteiger partial charge < -0.3 is 4.98 Å². The van der Waals surface area contributed by atoms with Crippen molar-refractivity contribution in [2.45, 2.75) is 0 Å². The number of aromatic nitrogens is 1. The molecular weight excluding hydrogens is 310 g/mol. The topological polar surface area (TPSA) is 15.8 Å². The summed E-state index contributed by atoms with van der Waals surface area (Å²) in [6.07, 6.45) is 2.10. The lowest BCUT2D eigenvalue weighted by molar-refractivity contribution is 1.47. The van der Waals surface area contributed by atoms with Gasteiger partial charge in [-0.1, -0.05) is 58.4 Å². The number of H-pyrrole nitrogens is 1. The molecule has 0 saturated heterocycles. The Labute approximate surface area is 125 Å². The minimum absolute atomic E-state index is 1.10. The Hall–Kier alpha value is -2.06. The van der Waals surface area contributed by atoms with E-state index in [0.717, 1.165) is 4.47 Å². The number of rotatable bonds is 1. The van der Waals surface area contributed by atoms with Crippen LogP contribution in [0.25, 0.3) is 32.8 Å². The van der Waals surface area contributed by atoms with E-state index >= 15 is 0 Å².